The molecule has 4 atom stereocenters. The average Bonchev–Trinajstić information content (AvgIpc) is 2.73. The molecule has 2 bridgehead atoms. The second-order valence-electron chi connectivity index (χ2n) is 4.70. The van der Waals surface area contributed by atoms with E-state index in [4.69, 9.17) is 10.5 Å². The van der Waals surface area contributed by atoms with Crippen LogP contribution in [0, 0.1) is 11.8 Å². The minimum Gasteiger partial charge on any atom is -0.366 e. The molecule has 3 nitrogen and oxygen atoms in total. The van der Waals surface area contributed by atoms with Crippen molar-refractivity contribution in [1.82, 2.24) is 0 Å². The molecule has 0 radical (unpaired) electrons. The van der Waals surface area contributed by atoms with Gasteiger partial charge in [-0.2, -0.15) is 0 Å². The van der Waals surface area contributed by atoms with Crippen molar-refractivity contribution in [2.24, 2.45) is 17.6 Å². The van der Waals surface area contributed by atoms with E-state index < -0.39 is 0 Å². The van der Waals surface area contributed by atoms with Crippen molar-refractivity contribution in [1.29, 1.82) is 0 Å². The number of hydrogen-bond acceptors (Lipinski definition) is 2. The fourth-order valence-electron chi connectivity index (χ4n) is 3.30. The van der Waals surface area contributed by atoms with Crippen LogP contribution in [0.3, 0.4) is 0 Å². The lowest BCUT2D eigenvalue weighted by Gasteiger charge is -2.08. The van der Waals surface area contributed by atoms with Crippen LogP contribution < -0.4 is 5.73 Å². The van der Waals surface area contributed by atoms with Crippen molar-refractivity contribution >= 4 is 5.91 Å². The van der Waals surface area contributed by atoms with Crippen LogP contribution >= 0.6 is 0 Å². The summed E-state index contributed by atoms with van der Waals surface area (Å²) in [5.41, 5.74) is 8.97. The lowest BCUT2D eigenvalue weighted by atomic mass is 9.92. The lowest BCUT2D eigenvalue weighted by Crippen LogP contribution is -2.06. The third-order valence-electron chi connectivity index (χ3n) is 3.91. The van der Waals surface area contributed by atoms with E-state index in [2.05, 4.69) is 12.1 Å². The van der Waals surface area contributed by atoms with E-state index >= 15 is 0 Å². The zero-order valence-corrected chi connectivity index (χ0v) is 8.59. The van der Waals surface area contributed by atoms with Crippen LogP contribution in [0.25, 0.3) is 0 Å². The van der Waals surface area contributed by atoms with Gasteiger partial charge in [-0.1, -0.05) is 29.8 Å². The number of carbonyl (C=O) groups is 1. The summed E-state index contributed by atoms with van der Waals surface area (Å²) in [5.74, 6) is 0.479. The van der Waals surface area contributed by atoms with Crippen molar-refractivity contribution in [3.63, 3.8) is 0 Å². The van der Waals surface area contributed by atoms with Crippen LogP contribution in [0.15, 0.2) is 35.9 Å². The highest BCUT2D eigenvalue weighted by atomic mass is 16.5. The number of fused-ring (bicyclic) bond motifs is 8. The predicted octanol–water partition coefficient (Wildman–Crippen LogP) is 1.47. The van der Waals surface area contributed by atoms with Gasteiger partial charge in [0.25, 0.3) is 0 Å². The Bertz CT molecular complexity index is 497. The number of benzene rings is 1. The Morgan fingerprint density at radius 2 is 1.75 bits per heavy atom. The number of amides is 1. The highest BCUT2D eigenvalue weighted by molar-refractivity contribution is 5.88. The molecule has 1 aromatic carbocycles. The molecule has 1 saturated heterocycles. The number of carbonyl (C=O) groups excluding carboxylic acids is 1. The van der Waals surface area contributed by atoms with E-state index in [9.17, 15) is 4.79 Å². The quantitative estimate of drug-likeness (QED) is 0.718. The highest BCUT2D eigenvalue weighted by Crippen LogP contribution is 2.72. The molecular weight excluding hydrogens is 202 g/mol. The third kappa shape index (κ3) is 0.854. The molecule has 3 aliphatic rings. The number of nitrogens with two attached hydrogens (primary N) is 1. The van der Waals surface area contributed by atoms with Crippen LogP contribution in [-0.4, -0.2) is 5.91 Å². The Labute approximate surface area is 92.9 Å². The molecule has 4 rings (SSSR count). The summed E-state index contributed by atoms with van der Waals surface area (Å²) in [7, 11) is 0. The minimum absolute atomic E-state index is 0.164. The predicted molar refractivity (Wildman–Crippen MR) is 57.3 cm³/mol. The Morgan fingerprint density at radius 1 is 1.19 bits per heavy atom. The molecule has 2 aliphatic heterocycles. The van der Waals surface area contributed by atoms with Crippen LogP contribution in [0.5, 0.6) is 0 Å². The van der Waals surface area contributed by atoms with Crippen molar-refractivity contribution < 1.29 is 9.53 Å². The zero-order chi connectivity index (χ0) is 10.9. The second kappa shape index (κ2) is 2.55. The lowest BCUT2D eigenvalue weighted by molar-refractivity contribution is -0.113. The first kappa shape index (κ1) is 8.53. The summed E-state index contributed by atoms with van der Waals surface area (Å²) < 4.78 is 5.92. The molecule has 80 valence electrons. The summed E-state index contributed by atoms with van der Waals surface area (Å²) >= 11 is 0. The molecule has 2 fully saturated rings. The van der Waals surface area contributed by atoms with Crippen molar-refractivity contribution in [2.45, 2.75) is 12.2 Å². The molecule has 0 aromatic heterocycles. The average molecular weight is 213 g/mol. The first-order chi connectivity index (χ1) is 7.77. The summed E-state index contributed by atoms with van der Waals surface area (Å²) in [4.78, 5) is 10.9. The van der Waals surface area contributed by atoms with E-state index in [0.717, 1.165) is 0 Å². The normalized spacial score (nSPS) is 39.6. The van der Waals surface area contributed by atoms with Gasteiger partial charge in [0, 0.05) is 17.9 Å². The van der Waals surface area contributed by atoms with Gasteiger partial charge in [-0.15, -0.1) is 0 Å². The monoisotopic (exact) mass is 213 g/mol. The summed E-state index contributed by atoms with van der Waals surface area (Å²) in [5, 5.41) is 0. The molecule has 0 spiro atoms. The fourth-order valence-corrected chi connectivity index (χ4v) is 3.30. The van der Waals surface area contributed by atoms with E-state index in [1.165, 1.54) is 16.7 Å². The third-order valence-corrected chi connectivity index (χ3v) is 3.91. The molecule has 1 amide bonds. The highest BCUT2D eigenvalue weighted by Gasteiger charge is 2.65. The van der Waals surface area contributed by atoms with Crippen LogP contribution in [0.2, 0.25) is 0 Å². The van der Waals surface area contributed by atoms with Gasteiger partial charge >= 0.3 is 0 Å². The first-order valence-electron chi connectivity index (χ1n) is 5.52. The standard InChI is InChI=1S/C13H11NO2/c14-9(15)5-8-10-11(8)13-7-4-2-1-3-6(7)12(10)16-13/h1-5,10-13H,(H2,14,15)/t10-,11?,12+,13-/m1/s1. The smallest absolute Gasteiger partial charge is 0.241 e. The number of rotatable bonds is 1. The Hall–Kier alpha value is -1.61. The molecule has 1 aromatic rings. The molecule has 1 saturated carbocycles. The molecule has 2 heterocycles. The van der Waals surface area contributed by atoms with Gasteiger partial charge in [0.2, 0.25) is 5.91 Å². The van der Waals surface area contributed by atoms with Gasteiger partial charge in [-0.05, 0) is 11.1 Å². The summed E-state index contributed by atoms with van der Waals surface area (Å²) in [6.45, 7) is 0. The van der Waals surface area contributed by atoms with Gasteiger partial charge < -0.3 is 10.5 Å². The van der Waals surface area contributed by atoms with Gasteiger partial charge in [0.05, 0.1) is 12.2 Å². The molecular formula is C13H11NO2. The van der Waals surface area contributed by atoms with Gasteiger partial charge in [0.15, 0.2) is 0 Å². The second-order valence-corrected chi connectivity index (χ2v) is 4.70. The number of primary amides is 1. The molecule has 2 N–H and O–H groups in total. The maximum atomic E-state index is 10.9. The maximum Gasteiger partial charge on any atom is 0.241 e. The summed E-state index contributed by atoms with van der Waals surface area (Å²) in [6, 6.07) is 8.32. The fraction of sp³-hybridized carbons (Fsp3) is 0.308. The van der Waals surface area contributed by atoms with E-state index in [1.807, 2.05) is 12.1 Å². The van der Waals surface area contributed by atoms with E-state index in [-0.39, 0.29) is 18.1 Å². The zero-order valence-electron chi connectivity index (χ0n) is 8.59. The van der Waals surface area contributed by atoms with Crippen LogP contribution in [0.4, 0.5) is 0 Å². The van der Waals surface area contributed by atoms with E-state index in [0.29, 0.717) is 11.8 Å². The Morgan fingerprint density at radius 3 is 2.25 bits per heavy atom. The van der Waals surface area contributed by atoms with Gasteiger partial charge in [-0.3, -0.25) is 4.79 Å². The largest absolute Gasteiger partial charge is 0.366 e. The van der Waals surface area contributed by atoms with Gasteiger partial charge in [0.1, 0.15) is 0 Å². The van der Waals surface area contributed by atoms with E-state index in [1.54, 1.807) is 6.08 Å². The first-order valence-corrected chi connectivity index (χ1v) is 5.52. The number of ether oxygens (including phenoxy) is 1. The van der Waals surface area contributed by atoms with Crippen molar-refractivity contribution in [3.05, 3.63) is 47.0 Å². The molecule has 1 aliphatic carbocycles. The molecule has 1 unspecified atom stereocenters. The molecule has 3 heteroatoms. The molecule has 16 heavy (non-hydrogen) atoms. The topological polar surface area (TPSA) is 52.3 Å². The minimum atomic E-state index is -0.340. The van der Waals surface area contributed by atoms with Crippen molar-refractivity contribution in [3.8, 4) is 0 Å². The van der Waals surface area contributed by atoms with Crippen LogP contribution in [0.1, 0.15) is 23.3 Å². The SMILES string of the molecule is NC(=O)C=C1C2[C@@H]3O[C@@H](c4ccccc43)[C@H]12. The Kier molecular flexibility index (Phi) is 1.36. The van der Waals surface area contributed by atoms with Crippen LogP contribution in [-0.2, 0) is 9.53 Å². The Balaban J connectivity index is 1.79. The van der Waals surface area contributed by atoms with Gasteiger partial charge in [-0.25, -0.2) is 0 Å². The van der Waals surface area contributed by atoms with Crippen molar-refractivity contribution in [2.75, 3.05) is 0 Å². The maximum absolute atomic E-state index is 10.9. The summed E-state index contributed by atoms with van der Waals surface area (Å²) in [6.07, 6.45) is 1.91. The number of hydrogen-bond donors (Lipinski definition) is 1.